The SMILES string of the molecule is NC(=O)/N=C1\CNNS1. The largest absolute Gasteiger partial charge is 0.350 e. The molecule has 5 nitrogen and oxygen atoms in total. The highest BCUT2D eigenvalue weighted by Crippen LogP contribution is 2.00. The molecule has 0 bridgehead atoms. The molecule has 0 radical (unpaired) electrons. The first-order valence-electron chi connectivity index (χ1n) is 2.31. The van der Waals surface area contributed by atoms with Gasteiger partial charge < -0.3 is 5.73 Å². The quantitative estimate of drug-likeness (QED) is 0.392. The van der Waals surface area contributed by atoms with Crippen LogP contribution in [0.3, 0.4) is 0 Å². The smallest absolute Gasteiger partial charge is 0.339 e. The number of carbonyl (C=O) groups excluding carboxylic acids is 1. The van der Waals surface area contributed by atoms with Crippen LogP contribution in [0.1, 0.15) is 0 Å². The zero-order valence-electron chi connectivity index (χ0n) is 4.55. The van der Waals surface area contributed by atoms with Crippen LogP contribution in [0.25, 0.3) is 0 Å². The summed E-state index contributed by atoms with van der Waals surface area (Å²) in [5.41, 5.74) is 7.53. The average Bonchev–Trinajstić information content (AvgIpc) is 2.15. The minimum absolute atomic E-state index is 0.563. The average molecular weight is 146 g/mol. The van der Waals surface area contributed by atoms with Crippen LogP contribution in [0.4, 0.5) is 4.79 Å². The van der Waals surface area contributed by atoms with Gasteiger partial charge in [0.2, 0.25) is 0 Å². The van der Waals surface area contributed by atoms with Gasteiger partial charge in [0.25, 0.3) is 0 Å². The molecule has 1 aliphatic rings. The number of urea groups is 1. The number of hydrogen-bond donors (Lipinski definition) is 3. The Balaban J connectivity index is 2.49. The summed E-state index contributed by atoms with van der Waals surface area (Å²) in [4.78, 5) is 16.3. The molecule has 0 atom stereocenters. The first-order chi connectivity index (χ1) is 4.29. The van der Waals surface area contributed by atoms with Crippen molar-refractivity contribution in [1.29, 1.82) is 0 Å². The van der Waals surface area contributed by atoms with E-state index in [0.717, 1.165) is 0 Å². The van der Waals surface area contributed by atoms with Crippen molar-refractivity contribution in [3.8, 4) is 0 Å². The first-order valence-corrected chi connectivity index (χ1v) is 3.12. The van der Waals surface area contributed by atoms with Crippen molar-refractivity contribution in [2.75, 3.05) is 6.54 Å². The Kier molecular flexibility index (Phi) is 2.04. The minimum Gasteiger partial charge on any atom is -0.350 e. The third-order valence-corrected chi connectivity index (χ3v) is 1.43. The zero-order chi connectivity index (χ0) is 6.69. The summed E-state index contributed by atoms with van der Waals surface area (Å²) in [6, 6.07) is -0.650. The van der Waals surface area contributed by atoms with Gasteiger partial charge >= 0.3 is 6.03 Å². The van der Waals surface area contributed by atoms with Crippen LogP contribution in [0, 0.1) is 0 Å². The molecule has 0 unspecified atom stereocenters. The van der Waals surface area contributed by atoms with Crippen LogP contribution < -0.4 is 16.0 Å². The number of nitrogens with two attached hydrogens (primary N) is 1. The maximum absolute atomic E-state index is 10.1. The Hall–Kier alpha value is -0.590. The second-order valence-electron chi connectivity index (χ2n) is 1.40. The number of nitrogens with one attached hydrogen (secondary N) is 2. The van der Waals surface area contributed by atoms with Gasteiger partial charge in [0, 0.05) is 0 Å². The summed E-state index contributed by atoms with van der Waals surface area (Å²) in [5, 5.41) is 0.669. The highest BCUT2D eigenvalue weighted by Gasteiger charge is 2.07. The van der Waals surface area contributed by atoms with E-state index < -0.39 is 6.03 Å². The summed E-state index contributed by atoms with van der Waals surface area (Å²) in [7, 11) is 0. The van der Waals surface area contributed by atoms with Crippen molar-refractivity contribution < 1.29 is 4.79 Å². The molecule has 1 rings (SSSR count). The molecule has 4 N–H and O–H groups in total. The third kappa shape index (κ3) is 2.00. The molecule has 1 fully saturated rings. The van der Waals surface area contributed by atoms with Crippen molar-refractivity contribution in [1.82, 2.24) is 10.3 Å². The normalized spacial score (nSPS) is 22.9. The van der Waals surface area contributed by atoms with Gasteiger partial charge in [-0.1, -0.05) is 0 Å². The molecule has 9 heavy (non-hydrogen) atoms. The number of primary amides is 1. The Bertz CT molecular complexity index is 148. The molecule has 0 aliphatic carbocycles. The lowest BCUT2D eigenvalue weighted by Crippen LogP contribution is -2.18. The number of hydrogen-bond acceptors (Lipinski definition) is 4. The van der Waals surface area contributed by atoms with Crippen molar-refractivity contribution in [2.45, 2.75) is 0 Å². The number of hydrazine groups is 1. The van der Waals surface area contributed by atoms with E-state index in [4.69, 9.17) is 5.73 Å². The van der Waals surface area contributed by atoms with Crippen molar-refractivity contribution in [3.63, 3.8) is 0 Å². The molecule has 0 aromatic heterocycles. The second kappa shape index (κ2) is 2.81. The Morgan fingerprint density at radius 2 is 2.67 bits per heavy atom. The topological polar surface area (TPSA) is 79.5 Å². The van der Waals surface area contributed by atoms with Gasteiger partial charge in [0.05, 0.1) is 6.54 Å². The van der Waals surface area contributed by atoms with Crippen LogP contribution >= 0.6 is 11.9 Å². The number of nitrogens with zero attached hydrogens (tertiary/aromatic N) is 1. The van der Waals surface area contributed by atoms with Crippen LogP contribution in [0.5, 0.6) is 0 Å². The van der Waals surface area contributed by atoms with Gasteiger partial charge in [-0.3, -0.25) is 0 Å². The monoisotopic (exact) mass is 146 g/mol. The van der Waals surface area contributed by atoms with E-state index in [-0.39, 0.29) is 0 Å². The molecule has 0 spiro atoms. The van der Waals surface area contributed by atoms with Gasteiger partial charge in [0.15, 0.2) is 0 Å². The molecule has 1 aliphatic heterocycles. The van der Waals surface area contributed by atoms with Crippen LogP contribution in [0.2, 0.25) is 0 Å². The number of aliphatic imine (C=N–C) groups is 1. The van der Waals surface area contributed by atoms with E-state index in [1.807, 2.05) is 0 Å². The second-order valence-corrected chi connectivity index (χ2v) is 2.28. The fourth-order valence-electron chi connectivity index (χ4n) is 0.428. The molecule has 1 saturated heterocycles. The lowest BCUT2D eigenvalue weighted by molar-refractivity contribution is 0.257. The van der Waals surface area contributed by atoms with E-state index >= 15 is 0 Å². The van der Waals surface area contributed by atoms with Crippen molar-refractivity contribution in [3.05, 3.63) is 0 Å². The molecule has 6 heteroatoms. The lowest BCUT2D eigenvalue weighted by atomic mass is 10.7. The number of carbonyl (C=O) groups is 1. The predicted molar refractivity (Wildman–Crippen MR) is 35.7 cm³/mol. The Labute approximate surface area is 56.2 Å². The van der Waals surface area contributed by atoms with E-state index in [1.54, 1.807) is 0 Å². The molecular weight excluding hydrogens is 140 g/mol. The molecule has 50 valence electrons. The molecule has 1 heterocycles. The predicted octanol–water partition coefficient (Wildman–Crippen LogP) is -0.780. The van der Waals surface area contributed by atoms with Gasteiger partial charge in [-0.05, 0) is 11.9 Å². The fourth-order valence-corrected chi connectivity index (χ4v) is 0.970. The summed E-state index contributed by atoms with van der Waals surface area (Å²) in [5.74, 6) is 0. The number of amides is 2. The summed E-state index contributed by atoms with van der Waals surface area (Å²) < 4.78 is 0. The van der Waals surface area contributed by atoms with Crippen LogP contribution in [-0.2, 0) is 0 Å². The first kappa shape index (κ1) is 6.53. The highest BCUT2D eigenvalue weighted by molar-refractivity contribution is 8.12. The maximum Gasteiger partial charge on any atom is 0.339 e. The highest BCUT2D eigenvalue weighted by atomic mass is 32.2. The standard InChI is InChI=1S/C3H6N4OS/c4-3(8)6-2-1-5-7-9-2/h5,7H,1H2,(H2,4,8)/b6-2+. The lowest BCUT2D eigenvalue weighted by Gasteiger charge is -1.84. The van der Waals surface area contributed by atoms with E-state index in [2.05, 4.69) is 15.2 Å². The van der Waals surface area contributed by atoms with E-state index in [9.17, 15) is 4.79 Å². The summed E-state index contributed by atoms with van der Waals surface area (Å²) in [6.45, 7) is 0.563. The Morgan fingerprint density at radius 1 is 1.89 bits per heavy atom. The maximum atomic E-state index is 10.1. The summed E-state index contributed by atoms with van der Waals surface area (Å²) in [6.07, 6.45) is 0. The number of rotatable bonds is 0. The van der Waals surface area contributed by atoms with E-state index in [1.165, 1.54) is 11.9 Å². The third-order valence-electron chi connectivity index (χ3n) is 0.716. The zero-order valence-corrected chi connectivity index (χ0v) is 5.36. The van der Waals surface area contributed by atoms with E-state index in [0.29, 0.717) is 11.6 Å². The van der Waals surface area contributed by atoms with Gasteiger partial charge in [0.1, 0.15) is 5.04 Å². The van der Waals surface area contributed by atoms with Crippen molar-refractivity contribution >= 4 is 23.0 Å². The fraction of sp³-hybridized carbons (Fsp3) is 0.333. The van der Waals surface area contributed by atoms with Gasteiger partial charge in [-0.25, -0.2) is 10.2 Å². The molecule has 0 aromatic carbocycles. The Morgan fingerprint density at radius 3 is 3.11 bits per heavy atom. The summed E-state index contributed by atoms with van der Waals surface area (Å²) >= 11 is 1.26. The van der Waals surface area contributed by atoms with Gasteiger partial charge in [-0.15, -0.1) is 0 Å². The minimum atomic E-state index is -0.650. The van der Waals surface area contributed by atoms with Gasteiger partial charge in [-0.2, -0.15) is 9.82 Å². The molecule has 2 amide bonds. The van der Waals surface area contributed by atoms with Crippen molar-refractivity contribution in [2.24, 2.45) is 10.7 Å². The molecular formula is C3H6N4OS. The molecule has 0 saturated carbocycles. The molecule has 0 aromatic rings. The van der Waals surface area contributed by atoms with Crippen LogP contribution in [-0.4, -0.2) is 17.6 Å². The van der Waals surface area contributed by atoms with Crippen LogP contribution in [0.15, 0.2) is 4.99 Å².